The number of methoxy groups -OCH3 is 1. The van der Waals surface area contributed by atoms with Crippen LogP contribution < -0.4 is 0 Å². The number of carbonyl (C=O) groups excluding carboxylic acids is 1. The fraction of sp³-hybridized carbons (Fsp3) is 0.500. The van der Waals surface area contributed by atoms with Crippen molar-refractivity contribution >= 4 is 27.8 Å². The Balaban J connectivity index is 2.22. The number of nitrogens with zero attached hydrogens (tertiary/aromatic N) is 3. The van der Waals surface area contributed by atoms with Crippen molar-refractivity contribution in [3.8, 4) is 0 Å². The highest BCUT2D eigenvalue weighted by Crippen LogP contribution is 2.34. The molecule has 0 unspecified atom stereocenters. The number of hydrogen-bond donors (Lipinski definition) is 0. The summed E-state index contributed by atoms with van der Waals surface area (Å²) in [5.74, 6) is 0.0788. The van der Waals surface area contributed by atoms with Crippen LogP contribution in [0.3, 0.4) is 0 Å². The van der Waals surface area contributed by atoms with Crippen molar-refractivity contribution in [2.24, 2.45) is 0 Å². The lowest BCUT2D eigenvalue weighted by Gasteiger charge is -2.18. The van der Waals surface area contributed by atoms with E-state index in [-0.39, 0.29) is 5.91 Å². The minimum Gasteiger partial charge on any atom is -0.383 e. The summed E-state index contributed by atoms with van der Waals surface area (Å²) < 4.78 is 9.81. The van der Waals surface area contributed by atoms with Crippen LogP contribution in [-0.4, -0.2) is 47.3 Å². The van der Waals surface area contributed by atoms with Gasteiger partial charge in [0.15, 0.2) is 0 Å². The molecule has 0 aliphatic heterocycles. The molecule has 146 valence electrons. The van der Waals surface area contributed by atoms with Crippen molar-refractivity contribution in [1.82, 2.24) is 14.0 Å². The van der Waals surface area contributed by atoms with Crippen LogP contribution in [0.2, 0.25) is 0 Å². The van der Waals surface area contributed by atoms with E-state index in [2.05, 4.69) is 60.2 Å². The molecule has 0 N–H and O–H groups in total. The lowest BCUT2D eigenvalue weighted by Crippen LogP contribution is -2.30. The Bertz CT molecular complexity index is 936. The number of fused-ring (bicyclic) bond motifs is 3. The lowest BCUT2D eigenvalue weighted by atomic mass is 10.2. The van der Waals surface area contributed by atoms with Gasteiger partial charge in [-0.2, -0.15) is 0 Å². The van der Waals surface area contributed by atoms with Gasteiger partial charge in [-0.3, -0.25) is 4.79 Å². The minimum atomic E-state index is 0.0788. The summed E-state index contributed by atoms with van der Waals surface area (Å²) >= 11 is 0. The van der Waals surface area contributed by atoms with Crippen molar-refractivity contribution in [3.63, 3.8) is 0 Å². The van der Waals surface area contributed by atoms with E-state index in [0.29, 0.717) is 19.2 Å². The Morgan fingerprint density at radius 2 is 1.96 bits per heavy atom. The second kappa shape index (κ2) is 8.17. The third kappa shape index (κ3) is 3.48. The quantitative estimate of drug-likeness (QED) is 0.577. The molecule has 0 spiro atoms. The summed E-state index contributed by atoms with van der Waals surface area (Å²) in [5, 5.41) is 1.19. The van der Waals surface area contributed by atoms with E-state index in [1.807, 2.05) is 11.9 Å². The van der Waals surface area contributed by atoms with Crippen LogP contribution in [0.5, 0.6) is 0 Å². The number of carbonyl (C=O) groups is 1. The largest absolute Gasteiger partial charge is 0.383 e. The maximum atomic E-state index is 13.2. The Kier molecular flexibility index (Phi) is 5.90. The molecule has 1 amide bonds. The molecule has 5 heteroatoms. The second-order valence-corrected chi connectivity index (χ2v) is 7.47. The smallest absolute Gasteiger partial charge is 0.270 e. The molecule has 0 aliphatic carbocycles. The second-order valence-electron chi connectivity index (χ2n) is 7.47. The molecule has 1 aromatic carbocycles. The van der Waals surface area contributed by atoms with Crippen molar-refractivity contribution in [3.05, 3.63) is 36.0 Å². The maximum Gasteiger partial charge on any atom is 0.270 e. The third-order valence-corrected chi connectivity index (χ3v) is 5.20. The Morgan fingerprint density at radius 1 is 1.22 bits per heavy atom. The van der Waals surface area contributed by atoms with Gasteiger partial charge < -0.3 is 18.8 Å². The number of amides is 1. The van der Waals surface area contributed by atoms with Gasteiger partial charge in [0, 0.05) is 38.7 Å². The first-order valence-electron chi connectivity index (χ1n) is 9.87. The number of unbranched alkanes of at least 4 members (excludes halogenated alkanes) is 1. The van der Waals surface area contributed by atoms with E-state index >= 15 is 0 Å². The van der Waals surface area contributed by atoms with Gasteiger partial charge in [0.1, 0.15) is 5.69 Å². The molecule has 0 fully saturated rings. The lowest BCUT2D eigenvalue weighted by molar-refractivity contribution is 0.0780. The molecule has 5 nitrogen and oxygen atoms in total. The van der Waals surface area contributed by atoms with E-state index in [9.17, 15) is 4.79 Å². The summed E-state index contributed by atoms with van der Waals surface area (Å²) in [7, 11) is 3.60. The molecule has 3 aromatic rings. The highest BCUT2D eigenvalue weighted by molar-refractivity contribution is 6.10. The number of hydrogen-bond acceptors (Lipinski definition) is 2. The number of aromatic nitrogens is 2. The number of ether oxygens (including phenoxy) is 1. The summed E-state index contributed by atoms with van der Waals surface area (Å²) in [6.45, 7) is 8.53. The molecule has 2 aromatic heterocycles. The highest BCUT2D eigenvalue weighted by Gasteiger charge is 2.24. The van der Waals surface area contributed by atoms with E-state index < -0.39 is 0 Å². The molecule has 0 bridgehead atoms. The fourth-order valence-electron chi connectivity index (χ4n) is 3.86. The van der Waals surface area contributed by atoms with Gasteiger partial charge in [-0.15, -0.1) is 0 Å². The highest BCUT2D eigenvalue weighted by atomic mass is 16.5. The zero-order chi connectivity index (χ0) is 19.6. The molecule has 0 radical (unpaired) electrons. The van der Waals surface area contributed by atoms with Gasteiger partial charge in [-0.05, 0) is 32.4 Å². The predicted octanol–water partition coefficient (Wildman–Crippen LogP) is 4.70. The molecular formula is C22H31N3O2. The zero-order valence-electron chi connectivity index (χ0n) is 17.2. The van der Waals surface area contributed by atoms with Crippen molar-refractivity contribution in [2.45, 2.75) is 46.2 Å². The normalized spacial score (nSPS) is 11.8. The number of rotatable bonds is 8. The fourth-order valence-corrected chi connectivity index (χ4v) is 3.86. The topological polar surface area (TPSA) is 39.4 Å². The molecule has 2 heterocycles. The van der Waals surface area contributed by atoms with Crippen LogP contribution in [0.15, 0.2) is 30.3 Å². The van der Waals surface area contributed by atoms with E-state index in [1.54, 1.807) is 7.11 Å². The third-order valence-electron chi connectivity index (χ3n) is 5.20. The zero-order valence-corrected chi connectivity index (χ0v) is 17.2. The Morgan fingerprint density at radius 3 is 2.63 bits per heavy atom. The summed E-state index contributed by atoms with van der Waals surface area (Å²) in [6, 6.07) is 10.8. The van der Waals surface area contributed by atoms with Gasteiger partial charge in [0.2, 0.25) is 0 Å². The standard InChI is InChI=1S/C22H31N3O2/c1-6-7-12-23(4)22(26)20-15-19-21(24(20)13-14-27-5)17-10-8-9-11-18(17)25(19)16(2)3/h8-11,15-16H,6-7,12-14H2,1-5H3. The molecule has 0 saturated heterocycles. The van der Waals surface area contributed by atoms with Gasteiger partial charge in [-0.1, -0.05) is 31.5 Å². The summed E-state index contributed by atoms with van der Waals surface area (Å²) in [6.07, 6.45) is 2.09. The molecule has 27 heavy (non-hydrogen) atoms. The van der Waals surface area contributed by atoms with Gasteiger partial charge >= 0.3 is 0 Å². The molecule has 0 aliphatic rings. The van der Waals surface area contributed by atoms with E-state index in [1.165, 1.54) is 10.9 Å². The minimum absolute atomic E-state index is 0.0788. The van der Waals surface area contributed by atoms with Crippen LogP contribution >= 0.6 is 0 Å². The number of benzene rings is 1. The van der Waals surface area contributed by atoms with Gasteiger partial charge in [0.25, 0.3) is 5.91 Å². The van der Waals surface area contributed by atoms with Crippen LogP contribution in [-0.2, 0) is 11.3 Å². The first-order valence-corrected chi connectivity index (χ1v) is 9.87. The molecule has 0 saturated carbocycles. The summed E-state index contributed by atoms with van der Waals surface area (Å²) in [4.78, 5) is 15.0. The van der Waals surface area contributed by atoms with Crippen LogP contribution in [0.4, 0.5) is 0 Å². The van der Waals surface area contributed by atoms with Crippen LogP contribution in [0, 0.1) is 0 Å². The maximum absolute atomic E-state index is 13.2. The van der Waals surface area contributed by atoms with E-state index in [0.717, 1.165) is 36.1 Å². The first kappa shape index (κ1) is 19.5. The molecular weight excluding hydrogens is 338 g/mol. The SMILES string of the molecule is CCCCN(C)C(=O)c1cc2c(c3ccccc3n2C(C)C)n1CCOC. The van der Waals surface area contributed by atoms with E-state index in [4.69, 9.17) is 4.74 Å². The van der Waals surface area contributed by atoms with Crippen molar-refractivity contribution < 1.29 is 9.53 Å². The Hall–Kier alpha value is -2.27. The molecule has 3 rings (SSSR count). The van der Waals surface area contributed by atoms with Gasteiger partial charge in [-0.25, -0.2) is 0 Å². The van der Waals surface area contributed by atoms with Crippen molar-refractivity contribution in [2.75, 3.05) is 27.3 Å². The average Bonchev–Trinajstić information content (AvgIpc) is 3.18. The average molecular weight is 370 g/mol. The first-order chi connectivity index (χ1) is 13.0. The van der Waals surface area contributed by atoms with Crippen LogP contribution in [0.1, 0.15) is 50.1 Å². The monoisotopic (exact) mass is 369 g/mol. The van der Waals surface area contributed by atoms with Gasteiger partial charge in [0.05, 0.1) is 23.2 Å². The summed E-state index contributed by atoms with van der Waals surface area (Å²) in [5.41, 5.74) is 4.20. The number of para-hydroxylation sites is 1. The Labute approximate surface area is 161 Å². The van der Waals surface area contributed by atoms with Crippen LogP contribution in [0.25, 0.3) is 21.9 Å². The predicted molar refractivity (Wildman–Crippen MR) is 112 cm³/mol. The molecule has 0 atom stereocenters. The van der Waals surface area contributed by atoms with Crippen molar-refractivity contribution in [1.29, 1.82) is 0 Å².